The average molecular weight is 563 g/mol. The van der Waals surface area contributed by atoms with E-state index in [0.29, 0.717) is 44.6 Å². The molecule has 10 heteroatoms. The maximum absolute atomic E-state index is 13.1. The standard InChI is InChI=1S/C32H22N2O8/c1-41-31(35)27-15-25(17-5-3-7-19(13-17)33(37)38)21-9-10-22-26(18-6-4-8-20(14-18)34(39)40)16-28(32(36)42-2)24-12-11-23(27)29(21)30(22)24/h3-16,29-30H,1-2H3. The molecule has 6 rings (SSSR count). The molecule has 0 bridgehead atoms. The molecular weight excluding hydrogens is 540 g/mol. The second kappa shape index (κ2) is 10.1. The van der Waals surface area contributed by atoms with Gasteiger partial charge in [-0.3, -0.25) is 20.2 Å². The summed E-state index contributed by atoms with van der Waals surface area (Å²) in [4.78, 5) is 48.3. The Morgan fingerprint density at radius 2 is 1.10 bits per heavy atom. The SMILES string of the molecule is COC(=O)C1=CC(c2cccc([N+](=O)[O-])c2)=C2C=CC3=C(c4cccc([N+](=O)[O-])c4)C=C(C(=O)OC)C4=CC=C1C2C43. The van der Waals surface area contributed by atoms with E-state index in [9.17, 15) is 29.8 Å². The molecule has 0 spiro atoms. The number of non-ortho nitro benzene ring substituents is 2. The third-order valence-electron chi connectivity index (χ3n) is 7.93. The molecule has 0 saturated heterocycles. The molecule has 0 N–H and O–H groups in total. The lowest BCUT2D eigenvalue weighted by Crippen LogP contribution is -2.35. The van der Waals surface area contributed by atoms with Crippen molar-refractivity contribution in [1.29, 1.82) is 0 Å². The fourth-order valence-electron chi connectivity index (χ4n) is 6.13. The molecule has 0 amide bonds. The lowest BCUT2D eigenvalue weighted by Gasteiger charge is -2.44. The smallest absolute Gasteiger partial charge is 0.338 e. The van der Waals surface area contributed by atoms with Gasteiger partial charge in [0, 0.05) is 36.1 Å². The van der Waals surface area contributed by atoms with Crippen LogP contribution in [-0.2, 0) is 19.1 Å². The van der Waals surface area contributed by atoms with Crippen LogP contribution in [0.2, 0.25) is 0 Å². The molecule has 0 radical (unpaired) electrons. The van der Waals surface area contributed by atoms with E-state index in [1.807, 2.05) is 12.2 Å². The second-order valence-electron chi connectivity index (χ2n) is 9.98. The van der Waals surface area contributed by atoms with Gasteiger partial charge in [-0.05, 0) is 56.7 Å². The molecule has 2 atom stereocenters. The number of methoxy groups -OCH3 is 2. The zero-order valence-electron chi connectivity index (χ0n) is 22.4. The van der Waals surface area contributed by atoms with Crippen molar-refractivity contribution in [3.05, 3.63) is 150 Å². The molecular formula is C32H22N2O8. The molecule has 2 aromatic rings. The highest BCUT2D eigenvalue weighted by atomic mass is 16.6. The molecule has 0 saturated carbocycles. The number of benzene rings is 2. The highest BCUT2D eigenvalue weighted by molar-refractivity contribution is 6.04. The van der Waals surface area contributed by atoms with Crippen molar-refractivity contribution in [2.45, 2.75) is 0 Å². The Kier molecular flexibility index (Phi) is 6.38. The van der Waals surface area contributed by atoms with E-state index in [0.717, 1.165) is 11.1 Å². The lowest BCUT2D eigenvalue weighted by atomic mass is 9.59. The first-order valence-corrected chi connectivity index (χ1v) is 12.9. The van der Waals surface area contributed by atoms with Crippen molar-refractivity contribution in [1.82, 2.24) is 0 Å². The second-order valence-corrected chi connectivity index (χ2v) is 9.98. The van der Waals surface area contributed by atoms with Crippen LogP contribution in [0.5, 0.6) is 0 Å². The number of esters is 2. The molecule has 42 heavy (non-hydrogen) atoms. The Labute approximate surface area is 239 Å². The van der Waals surface area contributed by atoms with Crippen LogP contribution in [0.3, 0.4) is 0 Å². The highest BCUT2D eigenvalue weighted by Gasteiger charge is 2.46. The summed E-state index contributed by atoms with van der Waals surface area (Å²) in [7, 11) is 2.57. The summed E-state index contributed by atoms with van der Waals surface area (Å²) in [5, 5.41) is 23.1. The summed E-state index contributed by atoms with van der Waals surface area (Å²) in [5.41, 5.74) is 5.67. The third kappa shape index (κ3) is 4.12. The van der Waals surface area contributed by atoms with E-state index >= 15 is 0 Å². The number of rotatable bonds is 6. The number of allylic oxidation sites excluding steroid dienone is 10. The predicted molar refractivity (Wildman–Crippen MR) is 153 cm³/mol. The van der Waals surface area contributed by atoms with E-state index < -0.39 is 33.6 Å². The number of carbonyl (C=O) groups is 2. The number of carbonyl (C=O) groups excluding carboxylic acids is 2. The van der Waals surface area contributed by atoms with E-state index in [1.165, 1.54) is 38.5 Å². The first-order chi connectivity index (χ1) is 20.2. The van der Waals surface area contributed by atoms with Crippen LogP contribution >= 0.6 is 0 Å². The summed E-state index contributed by atoms with van der Waals surface area (Å²) >= 11 is 0. The van der Waals surface area contributed by atoms with Gasteiger partial charge in [-0.25, -0.2) is 9.59 Å². The van der Waals surface area contributed by atoms with Gasteiger partial charge in [-0.2, -0.15) is 0 Å². The van der Waals surface area contributed by atoms with E-state index in [2.05, 4.69) is 0 Å². The predicted octanol–water partition coefficient (Wildman–Crippen LogP) is 5.61. The molecule has 0 heterocycles. The van der Waals surface area contributed by atoms with Crippen LogP contribution in [0.1, 0.15) is 11.1 Å². The topological polar surface area (TPSA) is 139 Å². The molecule has 0 aromatic heterocycles. The van der Waals surface area contributed by atoms with Crippen LogP contribution in [0, 0.1) is 32.1 Å². The monoisotopic (exact) mass is 562 g/mol. The Bertz CT molecular complexity index is 1720. The van der Waals surface area contributed by atoms with Crippen molar-refractivity contribution in [2.24, 2.45) is 11.8 Å². The Balaban J connectivity index is 1.65. The first kappa shape index (κ1) is 26.6. The summed E-state index contributed by atoms with van der Waals surface area (Å²) in [6.07, 6.45) is 10.7. The van der Waals surface area contributed by atoms with Crippen LogP contribution in [-0.4, -0.2) is 36.0 Å². The summed E-state index contributed by atoms with van der Waals surface area (Å²) in [6.45, 7) is 0. The number of ether oxygens (including phenoxy) is 2. The van der Waals surface area contributed by atoms with Gasteiger partial charge in [0.2, 0.25) is 0 Å². The molecule has 4 aliphatic rings. The van der Waals surface area contributed by atoms with Crippen molar-refractivity contribution >= 4 is 34.5 Å². The molecule has 10 nitrogen and oxygen atoms in total. The molecule has 0 aliphatic heterocycles. The van der Waals surface area contributed by atoms with Crippen LogP contribution in [0.25, 0.3) is 11.1 Å². The average Bonchev–Trinajstić information content (AvgIpc) is 3.02. The van der Waals surface area contributed by atoms with E-state index in [4.69, 9.17) is 9.47 Å². The van der Waals surface area contributed by atoms with Crippen molar-refractivity contribution in [2.75, 3.05) is 14.2 Å². The Morgan fingerprint density at radius 3 is 1.45 bits per heavy atom. The van der Waals surface area contributed by atoms with Gasteiger partial charge in [0.25, 0.3) is 11.4 Å². The fraction of sp³-hybridized carbons (Fsp3) is 0.125. The van der Waals surface area contributed by atoms with Crippen molar-refractivity contribution < 1.29 is 28.9 Å². The summed E-state index contributed by atoms with van der Waals surface area (Å²) in [6, 6.07) is 12.3. The maximum atomic E-state index is 13.1. The van der Waals surface area contributed by atoms with Gasteiger partial charge in [0.1, 0.15) is 0 Å². The third-order valence-corrected chi connectivity index (χ3v) is 7.93. The zero-order chi connectivity index (χ0) is 29.7. The van der Waals surface area contributed by atoms with Crippen molar-refractivity contribution in [3.63, 3.8) is 0 Å². The van der Waals surface area contributed by atoms with Crippen LogP contribution < -0.4 is 0 Å². The largest absolute Gasteiger partial charge is 0.465 e. The zero-order valence-corrected chi connectivity index (χ0v) is 22.4. The maximum Gasteiger partial charge on any atom is 0.338 e. The summed E-state index contributed by atoms with van der Waals surface area (Å²) in [5.74, 6) is -2.06. The summed E-state index contributed by atoms with van der Waals surface area (Å²) < 4.78 is 10.2. The minimum Gasteiger partial charge on any atom is -0.465 e. The number of hydrogen-bond donors (Lipinski definition) is 0. The van der Waals surface area contributed by atoms with E-state index in [1.54, 1.807) is 48.6 Å². The minimum atomic E-state index is -0.571. The van der Waals surface area contributed by atoms with Gasteiger partial charge in [-0.15, -0.1) is 0 Å². The molecule has 0 fully saturated rings. The van der Waals surface area contributed by atoms with Crippen LogP contribution in [0.15, 0.2) is 118 Å². The molecule has 208 valence electrons. The minimum absolute atomic E-state index is 0.0962. The quantitative estimate of drug-likeness (QED) is 0.252. The normalized spacial score (nSPS) is 20.0. The first-order valence-electron chi connectivity index (χ1n) is 12.9. The van der Waals surface area contributed by atoms with Gasteiger partial charge >= 0.3 is 11.9 Å². The lowest BCUT2D eigenvalue weighted by molar-refractivity contribution is -0.385. The Morgan fingerprint density at radius 1 is 0.690 bits per heavy atom. The van der Waals surface area contributed by atoms with Gasteiger partial charge in [0.05, 0.1) is 35.2 Å². The number of nitro benzene ring substituents is 2. The van der Waals surface area contributed by atoms with Crippen molar-refractivity contribution in [3.8, 4) is 0 Å². The van der Waals surface area contributed by atoms with Gasteiger partial charge in [-0.1, -0.05) is 48.6 Å². The van der Waals surface area contributed by atoms with Crippen LogP contribution in [0.4, 0.5) is 11.4 Å². The molecule has 2 aromatic carbocycles. The fourth-order valence-corrected chi connectivity index (χ4v) is 6.13. The number of nitrogens with zero attached hydrogens (tertiary/aromatic N) is 2. The van der Waals surface area contributed by atoms with Gasteiger partial charge in [0.15, 0.2) is 0 Å². The molecule has 2 unspecified atom stereocenters. The highest BCUT2D eigenvalue weighted by Crippen LogP contribution is 2.56. The number of hydrogen-bond acceptors (Lipinski definition) is 8. The van der Waals surface area contributed by atoms with Gasteiger partial charge < -0.3 is 9.47 Å². The molecule has 4 aliphatic carbocycles. The number of nitro groups is 2. The Hall–Kier alpha value is -5.64. The van der Waals surface area contributed by atoms with E-state index in [-0.39, 0.29) is 11.4 Å².